The van der Waals surface area contributed by atoms with Gasteiger partial charge in [-0.15, -0.1) is 0 Å². The smallest absolute Gasteiger partial charge is 0.233 e. The van der Waals surface area contributed by atoms with Crippen molar-refractivity contribution in [2.24, 2.45) is 0 Å². The van der Waals surface area contributed by atoms with E-state index in [2.05, 4.69) is 34.6 Å². The summed E-state index contributed by atoms with van der Waals surface area (Å²) in [5, 5.41) is 3.49. The second-order valence-corrected chi connectivity index (χ2v) is 8.47. The maximum atomic E-state index is 12.5. The van der Waals surface area contributed by atoms with Gasteiger partial charge in [0, 0.05) is 24.3 Å². The first-order valence-electron chi connectivity index (χ1n) is 9.97. The Labute approximate surface area is 175 Å². The van der Waals surface area contributed by atoms with Gasteiger partial charge in [0.1, 0.15) is 0 Å². The van der Waals surface area contributed by atoms with Gasteiger partial charge >= 0.3 is 0 Å². The number of rotatable bonds is 7. The third kappa shape index (κ3) is 4.89. The van der Waals surface area contributed by atoms with Crippen LogP contribution in [0.5, 0.6) is 0 Å². The number of benzene rings is 2. The molecule has 2 atom stereocenters. The first-order chi connectivity index (χ1) is 14.2. The maximum Gasteiger partial charge on any atom is 0.233 e. The Bertz CT molecular complexity index is 880. The van der Waals surface area contributed by atoms with Gasteiger partial charge in [-0.1, -0.05) is 72.4 Å². The number of nitrogens with one attached hydrogen (secondary N) is 2. The monoisotopic (exact) mass is 407 g/mol. The van der Waals surface area contributed by atoms with E-state index in [0.717, 1.165) is 47.1 Å². The van der Waals surface area contributed by atoms with Crippen molar-refractivity contribution in [3.05, 3.63) is 60.7 Å². The van der Waals surface area contributed by atoms with Crippen LogP contribution in [0.15, 0.2) is 65.8 Å². The summed E-state index contributed by atoms with van der Waals surface area (Å²) in [5.74, 6) is 0.00409. The SMILES string of the molecule is C[C@@H](Sc1nc(-c2ccccc2)c(-c2ccccc2)[nH]1)C(=O)NC[C@H]1CCCO1. The van der Waals surface area contributed by atoms with Crippen molar-refractivity contribution in [3.63, 3.8) is 0 Å². The molecule has 2 heterocycles. The molecule has 0 aliphatic carbocycles. The molecule has 3 aromatic rings. The van der Waals surface area contributed by atoms with Gasteiger partial charge in [0.25, 0.3) is 0 Å². The average Bonchev–Trinajstić information content (AvgIpc) is 3.43. The normalized spacial score (nSPS) is 17.2. The van der Waals surface area contributed by atoms with Crippen LogP contribution in [-0.2, 0) is 9.53 Å². The largest absolute Gasteiger partial charge is 0.376 e. The third-order valence-electron chi connectivity index (χ3n) is 4.98. The van der Waals surface area contributed by atoms with Crippen molar-refractivity contribution in [1.29, 1.82) is 0 Å². The number of aromatic nitrogens is 2. The van der Waals surface area contributed by atoms with Crippen LogP contribution in [0.3, 0.4) is 0 Å². The summed E-state index contributed by atoms with van der Waals surface area (Å²) in [6.45, 7) is 3.27. The van der Waals surface area contributed by atoms with E-state index < -0.39 is 0 Å². The van der Waals surface area contributed by atoms with Crippen LogP contribution in [0.4, 0.5) is 0 Å². The molecule has 0 saturated carbocycles. The number of H-pyrrole nitrogens is 1. The third-order valence-corrected chi connectivity index (χ3v) is 5.96. The van der Waals surface area contributed by atoms with Gasteiger partial charge in [-0.2, -0.15) is 0 Å². The lowest BCUT2D eigenvalue weighted by molar-refractivity contribution is -0.120. The molecule has 2 N–H and O–H groups in total. The van der Waals surface area contributed by atoms with Crippen LogP contribution in [0.1, 0.15) is 19.8 Å². The van der Waals surface area contributed by atoms with Gasteiger partial charge in [0.2, 0.25) is 5.91 Å². The van der Waals surface area contributed by atoms with Crippen LogP contribution in [-0.4, -0.2) is 40.4 Å². The first kappa shape index (κ1) is 19.7. The quantitative estimate of drug-likeness (QED) is 0.565. The molecule has 0 unspecified atom stereocenters. The molecule has 0 bridgehead atoms. The molecular formula is C23H25N3O2S. The molecule has 29 heavy (non-hydrogen) atoms. The van der Waals surface area contributed by atoms with Crippen LogP contribution < -0.4 is 5.32 Å². The number of nitrogens with zero attached hydrogens (tertiary/aromatic N) is 1. The molecule has 0 radical (unpaired) electrons. The van der Waals surface area contributed by atoms with Crippen LogP contribution >= 0.6 is 11.8 Å². The van der Waals surface area contributed by atoms with E-state index >= 15 is 0 Å². The molecule has 1 aromatic heterocycles. The van der Waals surface area contributed by atoms with E-state index in [1.165, 1.54) is 11.8 Å². The molecule has 1 saturated heterocycles. The Hall–Kier alpha value is -2.57. The Kier molecular flexibility index (Phi) is 6.32. The standard InChI is InChI=1S/C23H25N3O2S/c1-16(22(27)24-15-19-13-8-14-28-19)29-23-25-20(17-9-4-2-5-10-17)21(26-23)18-11-6-3-7-12-18/h2-7,9-12,16,19H,8,13-15H2,1H3,(H,24,27)(H,25,26)/t16-,19-/m1/s1. The van der Waals surface area contributed by atoms with Crippen molar-refractivity contribution in [2.75, 3.05) is 13.2 Å². The van der Waals surface area contributed by atoms with E-state index in [4.69, 9.17) is 9.72 Å². The Morgan fingerprint density at radius 1 is 1.17 bits per heavy atom. The number of carbonyl (C=O) groups excluding carboxylic acids is 1. The summed E-state index contributed by atoms with van der Waals surface area (Å²) >= 11 is 1.44. The summed E-state index contributed by atoms with van der Waals surface area (Å²) in [4.78, 5) is 20.8. The number of thioether (sulfide) groups is 1. The Balaban J connectivity index is 1.51. The lowest BCUT2D eigenvalue weighted by Gasteiger charge is -2.13. The second-order valence-electron chi connectivity index (χ2n) is 7.14. The molecule has 1 fully saturated rings. The van der Waals surface area contributed by atoms with Gasteiger partial charge in [-0.3, -0.25) is 4.79 Å². The Morgan fingerprint density at radius 2 is 1.86 bits per heavy atom. The molecular weight excluding hydrogens is 382 g/mol. The first-order valence-corrected chi connectivity index (χ1v) is 10.9. The van der Waals surface area contributed by atoms with Crippen molar-refractivity contribution in [2.45, 2.75) is 36.3 Å². The minimum Gasteiger partial charge on any atom is -0.376 e. The highest BCUT2D eigenvalue weighted by molar-refractivity contribution is 8.00. The van der Waals surface area contributed by atoms with Gasteiger partial charge in [-0.05, 0) is 19.8 Å². The summed E-state index contributed by atoms with van der Waals surface area (Å²) in [5.41, 5.74) is 3.98. The van der Waals surface area contributed by atoms with E-state index in [1.54, 1.807) is 0 Å². The minimum atomic E-state index is -0.255. The van der Waals surface area contributed by atoms with Crippen molar-refractivity contribution in [1.82, 2.24) is 15.3 Å². The van der Waals surface area contributed by atoms with Gasteiger partial charge in [0.05, 0.1) is 22.7 Å². The van der Waals surface area contributed by atoms with Gasteiger partial charge < -0.3 is 15.0 Å². The molecule has 1 aliphatic rings. The summed E-state index contributed by atoms with van der Waals surface area (Å²) in [6, 6.07) is 20.3. The van der Waals surface area contributed by atoms with Crippen molar-refractivity contribution in [3.8, 4) is 22.5 Å². The molecule has 1 aliphatic heterocycles. The zero-order valence-corrected chi connectivity index (χ0v) is 17.2. The number of amides is 1. The molecule has 1 amide bonds. The van der Waals surface area contributed by atoms with Crippen LogP contribution in [0, 0.1) is 0 Å². The second kappa shape index (κ2) is 9.29. The van der Waals surface area contributed by atoms with Gasteiger partial charge in [-0.25, -0.2) is 4.98 Å². The minimum absolute atomic E-state index is 0.00409. The predicted octanol–water partition coefficient (Wildman–Crippen LogP) is 4.52. The van der Waals surface area contributed by atoms with Crippen LogP contribution in [0.25, 0.3) is 22.5 Å². The highest BCUT2D eigenvalue weighted by Gasteiger charge is 2.21. The lowest BCUT2D eigenvalue weighted by Crippen LogP contribution is -2.36. The lowest BCUT2D eigenvalue weighted by atomic mass is 10.1. The number of hydrogen-bond acceptors (Lipinski definition) is 4. The summed E-state index contributed by atoms with van der Waals surface area (Å²) in [6.07, 6.45) is 2.23. The fourth-order valence-electron chi connectivity index (χ4n) is 3.41. The zero-order chi connectivity index (χ0) is 20.1. The molecule has 0 spiro atoms. The average molecular weight is 408 g/mol. The highest BCUT2D eigenvalue weighted by Crippen LogP contribution is 2.33. The van der Waals surface area contributed by atoms with E-state index in [1.807, 2.05) is 43.3 Å². The fraction of sp³-hybridized carbons (Fsp3) is 0.304. The fourth-order valence-corrected chi connectivity index (χ4v) is 4.24. The summed E-state index contributed by atoms with van der Waals surface area (Å²) in [7, 11) is 0. The molecule has 2 aromatic carbocycles. The molecule has 5 nitrogen and oxygen atoms in total. The maximum absolute atomic E-state index is 12.5. The van der Waals surface area contributed by atoms with E-state index in [-0.39, 0.29) is 17.3 Å². The van der Waals surface area contributed by atoms with Crippen molar-refractivity contribution >= 4 is 17.7 Å². The zero-order valence-electron chi connectivity index (χ0n) is 16.4. The number of carbonyl (C=O) groups is 1. The van der Waals surface area contributed by atoms with E-state index in [9.17, 15) is 4.79 Å². The number of hydrogen-bond donors (Lipinski definition) is 2. The van der Waals surface area contributed by atoms with E-state index in [0.29, 0.717) is 6.54 Å². The number of ether oxygens (including phenoxy) is 1. The highest BCUT2D eigenvalue weighted by atomic mass is 32.2. The predicted molar refractivity (Wildman–Crippen MR) is 117 cm³/mol. The Morgan fingerprint density at radius 3 is 2.52 bits per heavy atom. The topological polar surface area (TPSA) is 67.0 Å². The number of aromatic amines is 1. The molecule has 6 heteroatoms. The summed E-state index contributed by atoms with van der Waals surface area (Å²) < 4.78 is 5.58. The van der Waals surface area contributed by atoms with Crippen molar-refractivity contribution < 1.29 is 9.53 Å². The van der Waals surface area contributed by atoms with Gasteiger partial charge in [0.15, 0.2) is 5.16 Å². The molecule has 150 valence electrons. The van der Waals surface area contributed by atoms with Crippen LogP contribution in [0.2, 0.25) is 0 Å². The number of imidazole rings is 1. The molecule has 4 rings (SSSR count).